The van der Waals surface area contributed by atoms with Crippen LogP contribution in [0.3, 0.4) is 0 Å². The van der Waals surface area contributed by atoms with Gasteiger partial charge in [-0.15, -0.1) is 0 Å². The number of nitrogens with zero attached hydrogens (tertiary/aromatic N) is 3. The van der Waals surface area contributed by atoms with Crippen molar-refractivity contribution in [2.45, 2.75) is 39.2 Å². The molecule has 0 spiro atoms. The predicted molar refractivity (Wildman–Crippen MR) is 125 cm³/mol. The summed E-state index contributed by atoms with van der Waals surface area (Å²) >= 11 is 0. The van der Waals surface area contributed by atoms with E-state index < -0.39 is 0 Å². The van der Waals surface area contributed by atoms with E-state index in [4.69, 9.17) is 9.73 Å². The van der Waals surface area contributed by atoms with Gasteiger partial charge in [-0.2, -0.15) is 0 Å². The molecule has 2 saturated heterocycles. The number of carbonyl (C=O) groups is 1. The summed E-state index contributed by atoms with van der Waals surface area (Å²) in [6.45, 7) is 10.8. The molecule has 0 aromatic heterocycles. The molecule has 2 atom stereocenters. The van der Waals surface area contributed by atoms with Crippen molar-refractivity contribution in [1.82, 2.24) is 20.4 Å². The molecule has 0 saturated carbocycles. The lowest BCUT2D eigenvalue weighted by atomic mass is 10.00. The number of halogens is 1. The van der Waals surface area contributed by atoms with E-state index in [0.717, 1.165) is 44.7 Å². The van der Waals surface area contributed by atoms with E-state index in [1.54, 1.807) is 0 Å². The van der Waals surface area contributed by atoms with Crippen molar-refractivity contribution >= 4 is 11.9 Å². The molecule has 1 aromatic rings. The van der Waals surface area contributed by atoms with Crippen molar-refractivity contribution in [2.75, 3.05) is 59.0 Å². The molecular weight excluding hydrogens is 409 g/mol. The second kappa shape index (κ2) is 12.7. The van der Waals surface area contributed by atoms with Crippen LogP contribution in [0.1, 0.15) is 44.7 Å². The van der Waals surface area contributed by atoms with Crippen molar-refractivity contribution in [2.24, 2.45) is 10.9 Å². The Kier molecular flexibility index (Phi) is 9.74. The van der Waals surface area contributed by atoms with Crippen LogP contribution in [-0.2, 0) is 9.53 Å². The lowest BCUT2D eigenvalue weighted by molar-refractivity contribution is -0.132. The summed E-state index contributed by atoms with van der Waals surface area (Å²) in [6, 6.07) is 6.73. The standard InChI is InChI=1S/C24H38FN5O2/c1-3-26-24(27-11-10-23(31)30-12-4-5-19(2)18-30)28-17-22(29-13-15-32-16-14-29)20-6-8-21(25)9-7-20/h6-9,19,22H,3-5,10-18H2,1-2H3,(H2,26,27,28). The first-order chi connectivity index (χ1) is 15.6. The van der Waals surface area contributed by atoms with Gasteiger partial charge in [0.15, 0.2) is 5.96 Å². The summed E-state index contributed by atoms with van der Waals surface area (Å²) in [5.74, 6) is 1.26. The minimum Gasteiger partial charge on any atom is -0.379 e. The normalized spacial score (nSPS) is 21.3. The Labute approximate surface area is 191 Å². The van der Waals surface area contributed by atoms with Crippen LogP contribution in [-0.4, -0.2) is 80.7 Å². The molecular formula is C24H38FN5O2. The van der Waals surface area contributed by atoms with Crippen molar-refractivity contribution in [3.63, 3.8) is 0 Å². The fraction of sp³-hybridized carbons (Fsp3) is 0.667. The molecule has 7 nitrogen and oxygen atoms in total. The molecule has 1 aromatic carbocycles. The number of hydrogen-bond donors (Lipinski definition) is 2. The predicted octanol–water partition coefficient (Wildman–Crippen LogP) is 2.40. The molecule has 0 bridgehead atoms. The van der Waals surface area contributed by atoms with Gasteiger partial charge in [0.05, 0.1) is 25.8 Å². The number of morpholine rings is 1. The van der Waals surface area contributed by atoms with E-state index in [1.807, 2.05) is 24.0 Å². The Bertz CT molecular complexity index is 736. The summed E-state index contributed by atoms with van der Waals surface area (Å²) in [5, 5.41) is 6.58. The number of carbonyl (C=O) groups excluding carboxylic acids is 1. The van der Waals surface area contributed by atoms with E-state index in [2.05, 4.69) is 22.5 Å². The fourth-order valence-electron chi connectivity index (χ4n) is 4.39. The number of amides is 1. The van der Waals surface area contributed by atoms with E-state index in [9.17, 15) is 9.18 Å². The van der Waals surface area contributed by atoms with E-state index in [0.29, 0.717) is 44.6 Å². The quantitative estimate of drug-likeness (QED) is 0.473. The number of benzene rings is 1. The van der Waals surface area contributed by atoms with E-state index >= 15 is 0 Å². The van der Waals surface area contributed by atoms with Crippen LogP contribution >= 0.6 is 0 Å². The Morgan fingerprint density at radius 2 is 1.97 bits per heavy atom. The van der Waals surface area contributed by atoms with Gasteiger partial charge < -0.3 is 20.3 Å². The van der Waals surface area contributed by atoms with Gasteiger partial charge in [0.2, 0.25) is 5.91 Å². The maximum atomic E-state index is 13.5. The highest BCUT2D eigenvalue weighted by molar-refractivity contribution is 5.81. The SMILES string of the molecule is CCNC(=NCC(c1ccc(F)cc1)N1CCOCC1)NCCC(=O)N1CCCC(C)C1. The van der Waals surface area contributed by atoms with Crippen LogP contribution in [0.25, 0.3) is 0 Å². The molecule has 2 aliphatic heterocycles. The molecule has 2 N–H and O–H groups in total. The molecule has 2 heterocycles. The van der Waals surface area contributed by atoms with Crippen LogP contribution in [0.2, 0.25) is 0 Å². The number of likely N-dealkylation sites (tertiary alicyclic amines) is 1. The molecule has 32 heavy (non-hydrogen) atoms. The highest BCUT2D eigenvalue weighted by atomic mass is 19.1. The van der Waals surface area contributed by atoms with Gasteiger partial charge in [-0.1, -0.05) is 19.1 Å². The third-order valence-electron chi connectivity index (χ3n) is 6.15. The fourth-order valence-corrected chi connectivity index (χ4v) is 4.39. The largest absolute Gasteiger partial charge is 0.379 e. The zero-order valence-corrected chi connectivity index (χ0v) is 19.5. The first-order valence-electron chi connectivity index (χ1n) is 11.9. The second-order valence-corrected chi connectivity index (χ2v) is 8.70. The van der Waals surface area contributed by atoms with Gasteiger partial charge >= 0.3 is 0 Å². The lowest BCUT2D eigenvalue weighted by Gasteiger charge is -2.34. The molecule has 8 heteroatoms. The maximum Gasteiger partial charge on any atom is 0.224 e. The Morgan fingerprint density at radius 1 is 1.22 bits per heavy atom. The summed E-state index contributed by atoms with van der Waals surface area (Å²) in [6.07, 6.45) is 2.76. The van der Waals surface area contributed by atoms with Gasteiger partial charge in [-0.05, 0) is 43.4 Å². The van der Waals surface area contributed by atoms with Crippen LogP contribution in [0.15, 0.2) is 29.3 Å². The highest BCUT2D eigenvalue weighted by Crippen LogP contribution is 2.23. The molecule has 1 amide bonds. The zero-order chi connectivity index (χ0) is 22.8. The number of piperidine rings is 1. The first-order valence-corrected chi connectivity index (χ1v) is 11.9. The third-order valence-corrected chi connectivity index (χ3v) is 6.15. The first kappa shape index (κ1) is 24.5. The van der Waals surface area contributed by atoms with Crippen LogP contribution in [0.4, 0.5) is 4.39 Å². The summed E-state index contributed by atoms with van der Waals surface area (Å²) in [7, 11) is 0. The van der Waals surface area contributed by atoms with Crippen LogP contribution < -0.4 is 10.6 Å². The Balaban J connectivity index is 1.59. The maximum absolute atomic E-state index is 13.5. The molecule has 3 rings (SSSR count). The topological polar surface area (TPSA) is 69.2 Å². The molecule has 2 fully saturated rings. The number of guanidine groups is 1. The third kappa shape index (κ3) is 7.45. The van der Waals surface area contributed by atoms with Gasteiger partial charge in [0.25, 0.3) is 0 Å². The number of rotatable bonds is 8. The average Bonchev–Trinajstić information content (AvgIpc) is 2.81. The van der Waals surface area contributed by atoms with Crippen molar-refractivity contribution in [1.29, 1.82) is 0 Å². The Hall–Kier alpha value is -2.19. The zero-order valence-electron chi connectivity index (χ0n) is 19.5. The van der Waals surface area contributed by atoms with Gasteiger partial charge in [-0.3, -0.25) is 14.7 Å². The minimum absolute atomic E-state index is 0.0476. The number of nitrogens with one attached hydrogen (secondary N) is 2. The minimum atomic E-state index is -0.235. The van der Waals surface area contributed by atoms with Gasteiger partial charge in [0, 0.05) is 45.7 Å². The summed E-state index contributed by atoms with van der Waals surface area (Å²) < 4.78 is 19.0. The van der Waals surface area contributed by atoms with Crippen molar-refractivity contribution in [3.8, 4) is 0 Å². The van der Waals surface area contributed by atoms with E-state index in [1.165, 1.54) is 18.6 Å². The number of aliphatic imine (C=N–C) groups is 1. The van der Waals surface area contributed by atoms with Crippen LogP contribution in [0.5, 0.6) is 0 Å². The molecule has 2 aliphatic rings. The van der Waals surface area contributed by atoms with E-state index in [-0.39, 0.29) is 17.8 Å². The molecule has 178 valence electrons. The molecule has 0 radical (unpaired) electrons. The highest BCUT2D eigenvalue weighted by Gasteiger charge is 2.23. The van der Waals surface area contributed by atoms with Gasteiger partial charge in [0.1, 0.15) is 5.82 Å². The summed E-state index contributed by atoms with van der Waals surface area (Å²) in [4.78, 5) is 21.7. The molecule has 0 aliphatic carbocycles. The second-order valence-electron chi connectivity index (χ2n) is 8.70. The lowest BCUT2D eigenvalue weighted by Crippen LogP contribution is -2.43. The van der Waals surface area contributed by atoms with Crippen molar-refractivity contribution in [3.05, 3.63) is 35.6 Å². The van der Waals surface area contributed by atoms with Gasteiger partial charge in [-0.25, -0.2) is 4.39 Å². The smallest absolute Gasteiger partial charge is 0.224 e. The van der Waals surface area contributed by atoms with Crippen LogP contribution in [0, 0.1) is 11.7 Å². The Morgan fingerprint density at radius 3 is 2.66 bits per heavy atom. The molecule has 2 unspecified atom stereocenters. The summed E-state index contributed by atoms with van der Waals surface area (Å²) in [5.41, 5.74) is 1.04. The van der Waals surface area contributed by atoms with Crippen molar-refractivity contribution < 1.29 is 13.9 Å². The number of ether oxygens (including phenoxy) is 1. The monoisotopic (exact) mass is 447 g/mol. The average molecular weight is 448 g/mol. The number of hydrogen-bond acceptors (Lipinski definition) is 4.